The van der Waals surface area contributed by atoms with Gasteiger partial charge >= 0.3 is 0 Å². The van der Waals surface area contributed by atoms with Crippen molar-refractivity contribution in [3.63, 3.8) is 0 Å². The zero-order valence-electron chi connectivity index (χ0n) is 20.5. The summed E-state index contributed by atoms with van der Waals surface area (Å²) >= 11 is 7.16. The molecule has 1 atom stereocenters. The SMILES string of the molecule is CC(=O)SCC1Cn2cc(C(=O)NCc3ccc(Cl)cc3)c(=O)c3cc(CN4CCOCC4)cc(c32)O1. The molecule has 0 bridgehead atoms. The molecule has 1 saturated heterocycles. The van der Waals surface area contributed by atoms with Gasteiger partial charge in [-0.15, -0.1) is 0 Å². The lowest BCUT2D eigenvalue weighted by molar-refractivity contribution is -0.109. The first-order valence-electron chi connectivity index (χ1n) is 12.2. The molecule has 1 aromatic heterocycles. The molecule has 10 heteroatoms. The molecule has 37 heavy (non-hydrogen) atoms. The molecule has 194 valence electrons. The smallest absolute Gasteiger partial charge is 0.257 e. The van der Waals surface area contributed by atoms with Crippen molar-refractivity contribution in [3.05, 3.63) is 74.5 Å². The van der Waals surface area contributed by atoms with Crippen molar-refractivity contribution in [2.45, 2.75) is 32.7 Å². The number of amides is 1. The monoisotopic (exact) mass is 541 g/mol. The number of benzene rings is 2. The number of morpholine rings is 1. The number of rotatable bonds is 7. The third-order valence-corrected chi connectivity index (χ3v) is 7.68. The van der Waals surface area contributed by atoms with Gasteiger partial charge in [-0.3, -0.25) is 19.3 Å². The van der Waals surface area contributed by atoms with Crippen molar-refractivity contribution in [2.24, 2.45) is 0 Å². The third kappa shape index (κ3) is 6.01. The first-order chi connectivity index (χ1) is 17.9. The van der Waals surface area contributed by atoms with Crippen LogP contribution in [0, 0.1) is 0 Å². The zero-order valence-corrected chi connectivity index (χ0v) is 22.1. The quantitative estimate of drug-likeness (QED) is 0.490. The third-order valence-electron chi connectivity index (χ3n) is 6.48. The van der Waals surface area contributed by atoms with Crippen molar-refractivity contribution >= 4 is 45.3 Å². The first-order valence-corrected chi connectivity index (χ1v) is 13.6. The van der Waals surface area contributed by atoms with Crippen LogP contribution in [0.25, 0.3) is 10.9 Å². The number of nitrogens with one attached hydrogen (secondary N) is 1. The number of ether oxygens (including phenoxy) is 2. The van der Waals surface area contributed by atoms with Crippen LogP contribution in [0.4, 0.5) is 0 Å². The minimum atomic E-state index is -0.438. The average molecular weight is 542 g/mol. The summed E-state index contributed by atoms with van der Waals surface area (Å²) in [7, 11) is 0. The Hall–Kier alpha value is -2.85. The summed E-state index contributed by atoms with van der Waals surface area (Å²) in [5.74, 6) is 0.645. The maximum Gasteiger partial charge on any atom is 0.257 e. The lowest BCUT2D eigenvalue weighted by Crippen LogP contribution is -2.36. The Kier molecular flexibility index (Phi) is 7.85. The number of thioether (sulfide) groups is 1. The van der Waals surface area contributed by atoms with Crippen molar-refractivity contribution in [1.29, 1.82) is 0 Å². The van der Waals surface area contributed by atoms with E-state index in [1.165, 1.54) is 18.7 Å². The summed E-state index contributed by atoms with van der Waals surface area (Å²) in [6.07, 6.45) is 1.34. The molecule has 0 spiro atoms. The maximum atomic E-state index is 13.6. The van der Waals surface area contributed by atoms with Gasteiger partial charge in [0.1, 0.15) is 17.4 Å². The van der Waals surface area contributed by atoms with E-state index in [0.717, 1.165) is 24.2 Å². The molecule has 2 aromatic carbocycles. The van der Waals surface area contributed by atoms with Gasteiger partial charge in [-0.2, -0.15) is 0 Å². The summed E-state index contributed by atoms with van der Waals surface area (Å²) in [6.45, 7) is 5.85. The number of nitrogens with zero attached hydrogens (tertiary/aromatic N) is 2. The Morgan fingerprint density at radius 1 is 1.14 bits per heavy atom. The number of carbonyl (C=O) groups is 2. The van der Waals surface area contributed by atoms with E-state index in [1.54, 1.807) is 18.3 Å². The molecule has 0 saturated carbocycles. The molecule has 8 nitrogen and oxygen atoms in total. The molecule has 1 N–H and O–H groups in total. The summed E-state index contributed by atoms with van der Waals surface area (Å²) < 4.78 is 13.6. The Morgan fingerprint density at radius 2 is 1.89 bits per heavy atom. The molecular formula is C27H28ClN3O5S. The predicted octanol–water partition coefficient (Wildman–Crippen LogP) is 3.46. The molecule has 5 rings (SSSR count). The van der Waals surface area contributed by atoms with E-state index in [0.29, 0.717) is 53.7 Å². The number of halogens is 1. The normalized spacial score (nSPS) is 17.4. The van der Waals surface area contributed by atoms with E-state index in [9.17, 15) is 14.4 Å². The number of pyridine rings is 1. The van der Waals surface area contributed by atoms with Crippen LogP contribution in [0.5, 0.6) is 5.75 Å². The lowest BCUT2D eigenvalue weighted by Gasteiger charge is -2.30. The van der Waals surface area contributed by atoms with E-state index < -0.39 is 5.91 Å². The molecule has 0 aliphatic carbocycles. The van der Waals surface area contributed by atoms with Gasteiger partial charge in [0.2, 0.25) is 5.43 Å². The van der Waals surface area contributed by atoms with E-state index in [-0.39, 0.29) is 28.8 Å². The van der Waals surface area contributed by atoms with E-state index in [2.05, 4.69) is 10.2 Å². The van der Waals surface area contributed by atoms with Crippen molar-refractivity contribution in [1.82, 2.24) is 14.8 Å². The van der Waals surface area contributed by atoms with Gasteiger partial charge in [-0.25, -0.2) is 0 Å². The largest absolute Gasteiger partial charge is 0.485 e. The molecule has 0 radical (unpaired) electrons. The Bertz CT molecular complexity index is 1390. The molecule has 3 heterocycles. The topological polar surface area (TPSA) is 89.9 Å². The van der Waals surface area contributed by atoms with E-state index >= 15 is 0 Å². The predicted molar refractivity (Wildman–Crippen MR) is 144 cm³/mol. The van der Waals surface area contributed by atoms with Crippen LogP contribution >= 0.6 is 23.4 Å². The molecule has 1 unspecified atom stereocenters. The minimum Gasteiger partial charge on any atom is -0.485 e. The number of hydrogen-bond acceptors (Lipinski definition) is 7. The van der Waals surface area contributed by atoms with E-state index in [4.69, 9.17) is 21.1 Å². The van der Waals surface area contributed by atoms with Gasteiger partial charge in [0.05, 0.1) is 30.7 Å². The van der Waals surface area contributed by atoms with Crippen LogP contribution < -0.4 is 15.5 Å². The fourth-order valence-electron chi connectivity index (χ4n) is 4.68. The fourth-order valence-corrected chi connectivity index (χ4v) is 5.40. The Balaban J connectivity index is 1.49. The fraction of sp³-hybridized carbons (Fsp3) is 0.370. The highest BCUT2D eigenvalue weighted by atomic mass is 35.5. The molecule has 2 aliphatic heterocycles. The van der Waals surface area contributed by atoms with Gasteiger partial charge in [-0.1, -0.05) is 35.5 Å². The highest BCUT2D eigenvalue weighted by molar-refractivity contribution is 8.13. The van der Waals surface area contributed by atoms with Gasteiger partial charge < -0.3 is 19.4 Å². The standard InChI is InChI=1S/C27H28ClN3O5S/c1-17(32)37-16-21-14-31-15-23(27(34)29-12-18-2-4-20(28)5-3-18)26(33)22-10-19(11-24(36-21)25(22)31)13-30-6-8-35-9-7-30/h2-5,10-11,15,21H,6-9,12-14,16H2,1H3,(H,29,34). The highest BCUT2D eigenvalue weighted by Crippen LogP contribution is 2.32. The van der Waals surface area contributed by atoms with Crippen LogP contribution in [0.15, 0.2) is 47.4 Å². The van der Waals surface area contributed by atoms with Gasteiger partial charge in [0, 0.05) is 50.1 Å². The first kappa shape index (κ1) is 25.8. The molecule has 1 fully saturated rings. The lowest BCUT2D eigenvalue weighted by atomic mass is 10.0. The van der Waals surface area contributed by atoms with Crippen molar-refractivity contribution in [3.8, 4) is 5.75 Å². The molecule has 2 aliphatic rings. The second kappa shape index (κ2) is 11.3. The van der Waals surface area contributed by atoms with Gasteiger partial charge in [-0.05, 0) is 35.4 Å². The average Bonchev–Trinajstić information content (AvgIpc) is 2.89. The summed E-state index contributed by atoms with van der Waals surface area (Å²) in [5, 5.41) is 3.95. The van der Waals surface area contributed by atoms with Gasteiger partial charge in [0.25, 0.3) is 5.91 Å². The minimum absolute atomic E-state index is 0.0165. The zero-order chi connectivity index (χ0) is 25.9. The van der Waals surface area contributed by atoms with Crippen LogP contribution in [-0.2, 0) is 29.2 Å². The van der Waals surface area contributed by atoms with Crippen LogP contribution in [0.1, 0.15) is 28.4 Å². The second-order valence-electron chi connectivity index (χ2n) is 9.25. The molecule has 3 aromatic rings. The molecular weight excluding hydrogens is 514 g/mol. The Labute approximate surface area is 223 Å². The van der Waals surface area contributed by atoms with Crippen LogP contribution in [0.2, 0.25) is 5.02 Å². The second-order valence-corrected chi connectivity index (χ2v) is 10.9. The number of aromatic nitrogens is 1. The number of hydrogen-bond donors (Lipinski definition) is 1. The Morgan fingerprint density at radius 3 is 2.62 bits per heavy atom. The van der Waals surface area contributed by atoms with Gasteiger partial charge in [0.15, 0.2) is 5.12 Å². The summed E-state index contributed by atoms with van der Waals surface area (Å²) in [5.41, 5.74) is 2.24. The van der Waals surface area contributed by atoms with Crippen LogP contribution in [-0.4, -0.2) is 58.6 Å². The highest BCUT2D eigenvalue weighted by Gasteiger charge is 2.27. The van der Waals surface area contributed by atoms with Crippen molar-refractivity contribution < 1.29 is 19.1 Å². The van der Waals surface area contributed by atoms with Crippen LogP contribution in [0.3, 0.4) is 0 Å². The molecule has 1 amide bonds. The number of carbonyl (C=O) groups excluding carboxylic acids is 2. The summed E-state index contributed by atoms with van der Waals surface area (Å²) in [4.78, 5) is 40.6. The van der Waals surface area contributed by atoms with E-state index in [1.807, 2.05) is 28.8 Å². The maximum absolute atomic E-state index is 13.6. The van der Waals surface area contributed by atoms with Crippen molar-refractivity contribution in [2.75, 3.05) is 32.1 Å². The summed E-state index contributed by atoms with van der Waals surface area (Å²) in [6, 6.07) is 11.0.